The average molecular weight is 311 g/mol. The van der Waals surface area contributed by atoms with Gasteiger partial charge < -0.3 is 9.64 Å². The molecule has 1 aromatic rings. The Kier molecular flexibility index (Phi) is 5.09. The lowest BCUT2D eigenvalue weighted by atomic mass is 10.1. The Balaban J connectivity index is 1.93. The number of likely N-dealkylation sites (tertiary alicyclic amines) is 1. The van der Waals surface area contributed by atoms with Crippen molar-refractivity contribution in [3.05, 3.63) is 29.0 Å². The monoisotopic (exact) mass is 310 g/mol. The van der Waals surface area contributed by atoms with Crippen molar-refractivity contribution in [2.45, 2.75) is 58.1 Å². The molecular formula is C16H23ClN2O2. The number of rotatable bonds is 3. The molecule has 1 atom stereocenters. The summed E-state index contributed by atoms with van der Waals surface area (Å²) >= 11 is 6.08. The number of nitrogens with zero attached hydrogens (tertiary/aromatic N) is 2. The summed E-state index contributed by atoms with van der Waals surface area (Å²) in [5.41, 5.74) is 0.590. The number of hydrogen-bond donors (Lipinski definition) is 0. The van der Waals surface area contributed by atoms with Gasteiger partial charge in [0, 0.05) is 18.8 Å². The van der Waals surface area contributed by atoms with Crippen LogP contribution < -0.4 is 0 Å². The molecule has 2 heterocycles. The van der Waals surface area contributed by atoms with Gasteiger partial charge in [0.1, 0.15) is 10.8 Å². The number of carbonyl (C=O) groups is 1. The van der Waals surface area contributed by atoms with Crippen LogP contribution in [0.1, 0.15) is 45.6 Å². The first-order valence-electron chi connectivity index (χ1n) is 7.46. The molecule has 0 saturated carbocycles. The fourth-order valence-corrected chi connectivity index (χ4v) is 2.84. The predicted octanol–water partition coefficient (Wildman–Crippen LogP) is 4.07. The van der Waals surface area contributed by atoms with Gasteiger partial charge in [0.05, 0.1) is 0 Å². The summed E-state index contributed by atoms with van der Waals surface area (Å²) in [5.74, 6) is 0. The molecule has 116 valence electrons. The van der Waals surface area contributed by atoms with Crippen LogP contribution in [0.4, 0.5) is 4.79 Å². The van der Waals surface area contributed by atoms with Crippen molar-refractivity contribution < 1.29 is 9.53 Å². The van der Waals surface area contributed by atoms with Crippen LogP contribution in [0, 0.1) is 0 Å². The normalized spacial score (nSPS) is 18.9. The Hall–Kier alpha value is -1.29. The number of aromatic nitrogens is 1. The highest BCUT2D eigenvalue weighted by atomic mass is 35.5. The van der Waals surface area contributed by atoms with E-state index in [0.29, 0.717) is 5.15 Å². The highest BCUT2D eigenvalue weighted by Gasteiger charge is 2.31. The topological polar surface area (TPSA) is 42.4 Å². The van der Waals surface area contributed by atoms with Crippen LogP contribution in [0.5, 0.6) is 0 Å². The minimum absolute atomic E-state index is 0.206. The van der Waals surface area contributed by atoms with Crippen LogP contribution in [0.15, 0.2) is 18.3 Å². The molecule has 1 amide bonds. The lowest BCUT2D eigenvalue weighted by Gasteiger charge is -2.28. The number of amides is 1. The Bertz CT molecular complexity index is 499. The molecule has 1 saturated heterocycles. The number of hydrogen-bond acceptors (Lipinski definition) is 3. The van der Waals surface area contributed by atoms with Crippen molar-refractivity contribution in [2.24, 2.45) is 0 Å². The zero-order valence-electron chi connectivity index (χ0n) is 12.9. The van der Waals surface area contributed by atoms with Crippen molar-refractivity contribution in [1.82, 2.24) is 9.88 Å². The molecule has 2 rings (SSSR count). The highest BCUT2D eigenvalue weighted by molar-refractivity contribution is 6.30. The fraction of sp³-hybridized carbons (Fsp3) is 0.625. The van der Waals surface area contributed by atoms with Crippen LogP contribution in [0.25, 0.3) is 0 Å². The maximum absolute atomic E-state index is 12.2. The molecule has 0 aliphatic carbocycles. The van der Waals surface area contributed by atoms with E-state index in [1.54, 1.807) is 6.20 Å². The summed E-state index contributed by atoms with van der Waals surface area (Å²) in [6.07, 6.45) is 5.26. The van der Waals surface area contributed by atoms with Crippen molar-refractivity contribution in [3.63, 3.8) is 0 Å². The SMILES string of the molecule is CC(C)(C)OC(=O)N1CCC[C@@H]1CCc1cccnc1Cl. The summed E-state index contributed by atoms with van der Waals surface area (Å²) < 4.78 is 5.48. The molecule has 1 aliphatic rings. The molecule has 1 aromatic heterocycles. The first kappa shape index (κ1) is 16.1. The maximum atomic E-state index is 12.2. The van der Waals surface area contributed by atoms with E-state index < -0.39 is 5.60 Å². The zero-order chi connectivity index (χ0) is 15.5. The molecule has 4 nitrogen and oxygen atoms in total. The Morgan fingerprint density at radius 3 is 2.95 bits per heavy atom. The lowest BCUT2D eigenvalue weighted by Crippen LogP contribution is -2.40. The molecule has 1 aliphatic heterocycles. The molecule has 0 spiro atoms. The van der Waals surface area contributed by atoms with Gasteiger partial charge >= 0.3 is 6.09 Å². The largest absolute Gasteiger partial charge is 0.444 e. The quantitative estimate of drug-likeness (QED) is 0.790. The number of carbonyl (C=O) groups excluding carboxylic acids is 1. The van der Waals surface area contributed by atoms with Crippen molar-refractivity contribution >= 4 is 17.7 Å². The van der Waals surface area contributed by atoms with Crippen molar-refractivity contribution in [1.29, 1.82) is 0 Å². The first-order valence-corrected chi connectivity index (χ1v) is 7.83. The van der Waals surface area contributed by atoms with Gasteiger partial charge in [-0.2, -0.15) is 0 Å². The molecule has 0 aromatic carbocycles. The summed E-state index contributed by atoms with van der Waals surface area (Å²) in [6, 6.07) is 4.11. The minimum atomic E-state index is -0.448. The third-order valence-electron chi connectivity index (χ3n) is 3.59. The number of pyridine rings is 1. The predicted molar refractivity (Wildman–Crippen MR) is 83.5 cm³/mol. The van der Waals surface area contributed by atoms with E-state index in [1.165, 1.54) is 0 Å². The smallest absolute Gasteiger partial charge is 0.410 e. The maximum Gasteiger partial charge on any atom is 0.410 e. The van der Waals surface area contributed by atoms with Crippen LogP contribution in [-0.2, 0) is 11.2 Å². The molecule has 0 radical (unpaired) electrons. The zero-order valence-corrected chi connectivity index (χ0v) is 13.7. The average Bonchev–Trinajstić information content (AvgIpc) is 2.84. The summed E-state index contributed by atoms with van der Waals surface area (Å²) in [4.78, 5) is 18.2. The van der Waals surface area contributed by atoms with Gasteiger partial charge in [0.2, 0.25) is 0 Å². The van der Waals surface area contributed by atoms with Crippen LogP contribution >= 0.6 is 11.6 Å². The Labute approximate surface area is 131 Å². The molecule has 0 N–H and O–H groups in total. The lowest BCUT2D eigenvalue weighted by molar-refractivity contribution is 0.0220. The standard InChI is InChI=1S/C16H23ClN2O2/c1-16(2,3)21-15(20)19-11-5-7-13(19)9-8-12-6-4-10-18-14(12)17/h4,6,10,13H,5,7-9,11H2,1-3H3/t13-/m1/s1. The van der Waals surface area contributed by atoms with Gasteiger partial charge in [-0.1, -0.05) is 17.7 Å². The van der Waals surface area contributed by atoms with E-state index in [2.05, 4.69) is 4.98 Å². The van der Waals surface area contributed by atoms with Crippen LogP contribution in [-0.4, -0.2) is 34.2 Å². The minimum Gasteiger partial charge on any atom is -0.444 e. The van der Waals surface area contributed by atoms with E-state index in [0.717, 1.165) is 37.8 Å². The summed E-state index contributed by atoms with van der Waals surface area (Å²) in [6.45, 7) is 6.46. The van der Waals surface area contributed by atoms with Crippen molar-refractivity contribution in [3.8, 4) is 0 Å². The second-order valence-electron chi connectivity index (χ2n) is 6.46. The second kappa shape index (κ2) is 6.65. The number of aryl methyl sites for hydroxylation is 1. The highest BCUT2D eigenvalue weighted by Crippen LogP contribution is 2.25. The number of halogens is 1. The second-order valence-corrected chi connectivity index (χ2v) is 6.82. The van der Waals surface area contributed by atoms with E-state index in [4.69, 9.17) is 16.3 Å². The third-order valence-corrected chi connectivity index (χ3v) is 3.93. The van der Waals surface area contributed by atoms with Gasteiger partial charge in [-0.05, 0) is 58.1 Å². The molecule has 21 heavy (non-hydrogen) atoms. The summed E-state index contributed by atoms with van der Waals surface area (Å²) in [5, 5.41) is 0.555. The Morgan fingerprint density at radius 1 is 1.52 bits per heavy atom. The van der Waals surface area contributed by atoms with Gasteiger partial charge in [0.15, 0.2) is 0 Å². The molecular weight excluding hydrogens is 288 g/mol. The van der Waals surface area contributed by atoms with Gasteiger partial charge in [-0.25, -0.2) is 9.78 Å². The third kappa shape index (κ3) is 4.60. The molecule has 5 heteroatoms. The van der Waals surface area contributed by atoms with Crippen LogP contribution in [0.3, 0.4) is 0 Å². The van der Waals surface area contributed by atoms with Gasteiger partial charge in [-0.3, -0.25) is 0 Å². The van der Waals surface area contributed by atoms with E-state index in [9.17, 15) is 4.79 Å². The molecule has 1 fully saturated rings. The van der Waals surface area contributed by atoms with Gasteiger partial charge in [-0.15, -0.1) is 0 Å². The van der Waals surface area contributed by atoms with E-state index in [1.807, 2.05) is 37.8 Å². The molecule has 0 bridgehead atoms. The van der Waals surface area contributed by atoms with Crippen LogP contribution in [0.2, 0.25) is 5.15 Å². The van der Waals surface area contributed by atoms with E-state index >= 15 is 0 Å². The Morgan fingerprint density at radius 2 is 2.29 bits per heavy atom. The van der Waals surface area contributed by atoms with Gasteiger partial charge in [0.25, 0.3) is 0 Å². The van der Waals surface area contributed by atoms with E-state index in [-0.39, 0.29) is 12.1 Å². The summed E-state index contributed by atoms with van der Waals surface area (Å²) in [7, 11) is 0. The van der Waals surface area contributed by atoms with Crippen molar-refractivity contribution in [2.75, 3.05) is 6.54 Å². The fourth-order valence-electron chi connectivity index (χ4n) is 2.62. The first-order chi connectivity index (χ1) is 9.87. The molecule has 0 unspecified atom stereocenters. The number of ether oxygens (including phenoxy) is 1.